The zero-order valence-corrected chi connectivity index (χ0v) is 17.5. The van der Waals surface area contributed by atoms with Crippen LogP contribution in [0.15, 0.2) is 66.7 Å². The second kappa shape index (κ2) is 7.24. The molecule has 2 heterocycles. The first-order chi connectivity index (χ1) is 14.9. The van der Waals surface area contributed by atoms with E-state index in [-0.39, 0.29) is 17.4 Å². The minimum Gasteiger partial charge on any atom is -0.497 e. The highest BCUT2D eigenvalue weighted by atomic mass is 32.2. The molecule has 31 heavy (non-hydrogen) atoms. The summed E-state index contributed by atoms with van der Waals surface area (Å²) < 4.78 is 31.2. The van der Waals surface area contributed by atoms with E-state index < -0.39 is 9.84 Å². The van der Waals surface area contributed by atoms with Crippen molar-refractivity contribution in [3.63, 3.8) is 0 Å². The van der Waals surface area contributed by atoms with Crippen LogP contribution in [0.25, 0.3) is 16.5 Å². The van der Waals surface area contributed by atoms with E-state index in [1.54, 1.807) is 30.0 Å². The SMILES string of the molecule is COc1ccc(-n2nc3c(c2NC(=O)c2cccc4ccccc24)CS(=O)(=O)C3)cc1. The smallest absolute Gasteiger partial charge is 0.257 e. The molecule has 5 rings (SSSR count). The Morgan fingerprint density at radius 1 is 1.00 bits per heavy atom. The lowest BCUT2D eigenvalue weighted by Gasteiger charge is -2.13. The highest BCUT2D eigenvalue weighted by Crippen LogP contribution is 2.34. The Morgan fingerprint density at radius 2 is 1.74 bits per heavy atom. The van der Waals surface area contributed by atoms with Crippen molar-refractivity contribution in [2.45, 2.75) is 11.5 Å². The number of benzene rings is 3. The van der Waals surface area contributed by atoms with Crippen LogP contribution in [0.4, 0.5) is 5.82 Å². The lowest BCUT2D eigenvalue weighted by atomic mass is 10.0. The average molecular weight is 433 g/mol. The van der Waals surface area contributed by atoms with Crippen LogP contribution < -0.4 is 10.1 Å². The lowest BCUT2D eigenvalue weighted by Crippen LogP contribution is -2.17. The molecule has 3 aromatic carbocycles. The predicted molar refractivity (Wildman–Crippen MR) is 118 cm³/mol. The summed E-state index contributed by atoms with van der Waals surface area (Å²) in [5.41, 5.74) is 2.20. The Bertz CT molecular complexity index is 1420. The van der Waals surface area contributed by atoms with Crippen LogP contribution in [0.1, 0.15) is 21.6 Å². The third-order valence-corrected chi connectivity index (χ3v) is 6.81. The van der Waals surface area contributed by atoms with Crippen molar-refractivity contribution >= 4 is 32.3 Å². The Kier molecular flexibility index (Phi) is 4.51. The Morgan fingerprint density at radius 3 is 2.52 bits per heavy atom. The monoisotopic (exact) mass is 433 g/mol. The van der Waals surface area contributed by atoms with E-state index in [2.05, 4.69) is 10.4 Å². The molecule has 0 aliphatic carbocycles. The van der Waals surface area contributed by atoms with Crippen LogP contribution in [0, 0.1) is 0 Å². The van der Waals surface area contributed by atoms with Gasteiger partial charge in [-0.05, 0) is 41.1 Å². The molecule has 1 aromatic heterocycles. The highest BCUT2D eigenvalue weighted by molar-refractivity contribution is 7.90. The molecule has 4 aromatic rings. The first-order valence-electron chi connectivity index (χ1n) is 9.70. The fourth-order valence-electron chi connectivity index (χ4n) is 3.88. The van der Waals surface area contributed by atoms with Crippen molar-refractivity contribution in [3.8, 4) is 11.4 Å². The maximum absolute atomic E-state index is 13.2. The van der Waals surface area contributed by atoms with Gasteiger partial charge < -0.3 is 10.1 Å². The van der Waals surface area contributed by atoms with Crippen LogP contribution in [-0.2, 0) is 21.3 Å². The number of amides is 1. The Hall–Kier alpha value is -3.65. The molecule has 156 valence electrons. The van der Waals surface area contributed by atoms with Gasteiger partial charge in [0.2, 0.25) is 0 Å². The molecule has 1 aliphatic heterocycles. The average Bonchev–Trinajstić information content (AvgIpc) is 3.25. The number of hydrogen-bond donors (Lipinski definition) is 1. The normalized spacial score (nSPS) is 14.4. The van der Waals surface area contributed by atoms with Gasteiger partial charge in [0.05, 0.1) is 30.0 Å². The Balaban J connectivity index is 1.59. The number of ether oxygens (including phenoxy) is 1. The van der Waals surface area contributed by atoms with Crippen LogP contribution >= 0.6 is 0 Å². The van der Waals surface area contributed by atoms with Crippen LogP contribution in [0.3, 0.4) is 0 Å². The van der Waals surface area contributed by atoms with E-state index in [1.165, 1.54) is 0 Å². The van der Waals surface area contributed by atoms with Crippen molar-refractivity contribution in [1.82, 2.24) is 9.78 Å². The fourth-order valence-corrected chi connectivity index (χ4v) is 5.37. The summed E-state index contributed by atoms with van der Waals surface area (Å²) in [6.07, 6.45) is 0. The van der Waals surface area contributed by atoms with E-state index in [4.69, 9.17) is 4.74 Å². The van der Waals surface area contributed by atoms with Gasteiger partial charge >= 0.3 is 0 Å². The zero-order chi connectivity index (χ0) is 21.6. The van der Waals surface area contributed by atoms with Gasteiger partial charge in [0.1, 0.15) is 11.6 Å². The third kappa shape index (κ3) is 3.44. The van der Waals surface area contributed by atoms with Crippen molar-refractivity contribution in [2.75, 3.05) is 12.4 Å². The number of sulfone groups is 1. The van der Waals surface area contributed by atoms with Crippen molar-refractivity contribution in [1.29, 1.82) is 0 Å². The van der Waals surface area contributed by atoms with Gasteiger partial charge in [0, 0.05) is 11.1 Å². The Labute approximate surface area is 179 Å². The summed E-state index contributed by atoms with van der Waals surface area (Å²) >= 11 is 0. The fraction of sp³-hybridized carbons (Fsp3) is 0.130. The van der Waals surface area contributed by atoms with Gasteiger partial charge in [-0.25, -0.2) is 13.1 Å². The summed E-state index contributed by atoms with van der Waals surface area (Å²) in [4.78, 5) is 13.2. The number of carbonyl (C=O) groups excluding carboxylic acids is 1. The molecule has 0 saturated heterocycles. The van der Waals surface area contributed by atoms with E-state index in [9.17, 15) is 13.2 Å². The summed E-state index contributed by atoms with van der Waals surface area (Å²) in [6, 6.07) is 20.3. The molecule has 0 atom stereocenters. The standard InChI is InChI=1S/C23H19N3O4S/c1-30-17-11-9-16(10-12-17)26-22(20-13-31(28,29)14-21(20)25-26)24-23(27)19-8-4-6-15-5-2-3-7-18(15)19/h2-12H,13-14H2,1H3,(H,24,27). The first kappa shape index (κ1) is 19.3. The van der Waals surface area contributed by atoms with Gasteiger partial charge in [-0.2, -0.15) is 5.10 Å². The van der Waals surface area contributed by atoms with Crippen LogP contribution in [-0.4, -0.2) is 31.2 Å². The van der Waals surface area contributed by atoms with E-state index in [0.717, 1.165) is 10.8 Å². The largest absolute Gasteiger partial charge is 0.497 e. The summed E-state index contributed by atoms with van der Waals surface area (Å²) in [6.45, 7) is 0. The number of nitrogens with one attached hydrogen (secondary N) is 1. The molecule has 1 aliphatic rings. The summed E-state index contributed by atoms with van der Waals surface area (Å²) in [5, 5.41) is 9.21. The number of methoxy groups -OCH3 is 1. The third-order valence-electron chi connectivity index (χ3n) is 5.37. The van der Waals surface area contributed by atoms with Gasteiger partial charge in [0.25, 0.3) is 5.91 Å². The second-order valence-corrected chi connectivity index (χ2v) is 9.46. The zero-order valence-electron chi connectivity index (χ0n) is 16.7. The second-order valence-electron chi connectivity index (χ2n) is 7.40. The minimum atomic E-state index is -3.28. The number of rotatable bonds is 4. The number of aromatic nitrogens is 2. The number of anilines is 1. The maximum Gasteiger partial charge on any atom is 0.257 e. The topological polar surface area (TPSA) is 90.3 Å². The minimum absolute atomic E-state index is 0.136. The lowest BCUT2D eigenvalue weighted by molar-refractivity contribution is 0.102. The molecule has 0 spiro atoms. The quantitative estimate of drug-likeness (QED) is 0.530. The van der Waals surface area contributed by atoms with Crippen LogP contribution in [0.5, 0.6) is 5.75 Å². The first-order valence-corrected chi connectivity index (χ1v) is 11.5. The molecule has 0 radical (unpaired) electrons. The molecule has 1 amide bonds. The molecule has 0 unspecified atom stereocenters. The number of nitrogens with zero attached hydrogens (tertiary/aromatic N) is 2. The maximum atomic E-state index is 13.2. The molecule has 1 N–H and O–H groups in total. The molecular weight excluding hydrogens is 414 g/mol. The van der Waals surface area contributed by atoms with E-state index in [0.29, 0.717) is 34.1 Å². The molecular formula is C23H19N3O4S. The molecule has 0 bridgehead atoms. The summed E-state index contributed by atoms with van der Waals surface area (Å²) in [5.74, 6) is 0.455. The van der Waals surface area contributed by atoms with Crippen molar-refractivity contribution in [3.05, 3.63) is 83.6 Å². The highest BCUT2D eigenvalue weighted by Gasteiger charge is 2.33. The molecule has 8 heteroatoms. The van der Waals surface area contributed by atoms with E-state index >= 15 is 0 Å². The molecule has 7 nitrogen and oxygen atoms in total. The van der Waals surface area contributed by atoms with Crippen molar-refractivity contribution < 1.29 is 17.9 Å². The predicted octanol–water partition coefficient (Wildman–Crippen LogP) is 3.71. The number of fused-ring (bicyclic) bond motifs is 2. The van der Waals surface area contributed by atoms with Gasteiger partial charge in [-0.1, -0.05) is 36.4 Å². The number of hydrogen-bond acceptors (Lipinski definition) is 5. The number of carbonyl (C=O) groups is 1. The van der Waals surface area contributed by atoms with Gasteiger partial charge in [-0.15, -0.1) is 0 Å². The van der Waals surface area contributed by atoms with Gasteiger partial charge in [0.15, 0.2) is 9.84 Å². The molecule has 0 saturated carbocycles. The van der Waals surface area contributed by atoms with E-state index in [1.807, 2.05) is 48.5 Å². The molecule has 0 fully saturated rings. The van der Waals surface area contributed by atoms with Gasteiger partial charge in [-0.3, -0.25) is 4.79 Å². The van der Waals surface area contributed by atoms with Crippen molar-refractivity contribution in [2.24, 2.45) is 0 Å². The van der Waals surface area contributed by atoms with Crippen LogP contribution in [0.2, 0.25) is 0 Å². The summed E-state index contributed by atoms with van der Waals surface area (Å²) in [7, 11) is -1.69.